The Morgan fingerprint density at radius 3 is 2.60 bits per heavy atom. The number of rotatable bonds is 3. The van der Waals surface area contributed by atoms with E-state index in [2.05, 4.69) is 18.9 Å². The Labute approximate surface area is 118 Å². The molecule has 0 amide bonds. The molecule has 2 rings (SSSR count). The summed E-state index contributed by atoms with van der Waals surface area (Å²) in [6, 6.07) is 6.59. The van der Waals surface area contributed by atoms with Crippen molar-refractivity contribution in [2.75, 3.05) is 7.05 Å². The Balaban J connectivity index is 2.29. The van der Waals surface area contributed by atoms with E-state index in [0.29, 0.717) is 0 Å². The molecule has 0 bridgehead atoms. The van der Waals surface area contributed by atoms with Crippen LogP contribution in [0.5, 0.6) is 0 Å². The maximum Gasteiger partial charge on any atom is 0.270 e. The number of nitro benzene ring substituents is 1. The van der Waals surface area contributed by atoms with E-state index in [4.69, 9.17) is 0 Å². The van der Waals surface area contributed by atoms with E-state index in [-0.39, 0.29) is 16.0 Å². The van der Waals surface area contributed by atoms with Crippen molar-refractivity contribution >= 4 is 23.2 Å². The summed E-state index contributed by atoms with van der Waals surface area (Å²) >= 11 is 0. The van der Waals surface area contributed by atoms with Gasteiger partial charge in [0, 0.05) is 18.2 Å². The van der Waals surface area contributed by atoms with E-state index < -0.39 is 0 Å². The minimum Gasteiger partial charge on any atom is -0.258 e. The molecule has 0 aliphatic carbocycles. The second kappa shape index (κ2) is 5.00. The van der Waals surface area contributed by atoms with Crippen molar-refractivity contribution in [3.63, 3.8) is 0 Å². The SMILES string of the molecule is CC1=N[N+](C)=C(/C=C/c2cccc([N+](=O)[O-])c2)C1(C)C. The molecule has 5 heteroatoms. The molecule has 0 fully saturated rings. The van der Waals surface area contributed by atoms with Gasteiger partial charge in [0.1, 0.15) is 0 Å². The van der Waals surface area contributed by atoms with Crippen LogP contribution in [-0.4, -0.2) is 28.1 Å². The number of non-ortho nitro benzene ring substituents is 1. The van der Waals surface area contributed by atoms with Crippen molar-refractivity contribution in [3.05, 3.63) is 46.0 Å². The van der Waals surface area contributed by atoms with Crippen LogP contribution in [0.25, 0.3) is 6.08 Å². The lowest BCUT2D eigenvalue weighted by molar-refractivity contribution is -0.499. The molecule has 0 spiro atoms. The molecule has 0 aromatic heterocycles. The predicted octanol–water partition coefficient (Wildman–Crippen LogP) is 3.11. The average molecular weight is 272 g/mol. The van der Waals surface area contributed by atoms with Crippen LogP contribution in [-0.2, 0) is 0 Å². The van der Waals surface area contributed by atoms with Gasteiger partial charge in [-0.2, -0.15) is 0 Å². The zero-order chi connectivity index (χ0) is 14.9. The molecule has 1 aromatic rings. The Bertz CT molecular complexity index is 655. The van der Waals surface area contributed by atoms with Crippen molar-refractivity contribution in [2.45, 2.75) is 20.8 Å². The molecule has 20 heavy (non-hydrogen) atoms. The maximum absolute atomic E-state index is 10.8. The number of nitro groups is 1. The van der Waals surface area contributed by atoms with Gasteiger partial charge in [-0.3, -0.25) is 10.1 Å². The first-order valence-electron chi connectivity index (χ1n) is 6.42. The standard InChI is InChI=1S/C15H18N3O2/c1-11-15(2,3)14(17(4)16-11)9-8-12-6-5-7-13(10-12)18(19)20/h5-10H,1-4H3/q+1/b9-8+. The monoisotopic (exact) mass is 272 g/mol. The largest absolute Gasteiger partial charge is 0.270 e. The highest BCUT2D eigenvalue weighted by molar-refractivity contribution is 6.15. The van der Waals surface area contributed by atoms with Crippen LogP contribution in [0.2, 0.25) is 0 Å². The molecule has 0 N–H and O–H groups in total. The smallest absolute Gasteiger partial charge is 0.258 e. The molecular weight excluding hydrogens is 254 g/mol. The molecule has 0 saturated carbocycles. The van der Waals surface area contributed by atoms with Gasteiger partial charge in [0.15, 0.2) is 7.05 Å². The Morgan fingerprint density at radius 2 is 2.05 bits per heavy atom. The highest BCUT2D eigenvalue weighted by Gasteiger charge is 2.39. The van der Waals surface area contributed by atoms with Crippen molar-refractivity contribution in [2.24, 2.45) is 10.5 Å². The van der Waals surface area contributed by atoms with Crippen molar-refractivity contribution < 1.29 is 9.61 Å². The van der Waals surface area contributed by atoms with Gasteiger partial charge >= 0.3 is 0 Å². The Morgan fingerprint density at radius 1 is 1.35 bits per heavy atom. The van der Waals surface area contributed by atoms with E-state index >= 15 is 0 Å². The zero-order valence-corrected chi connectivity index (χ0v) is 12.1. The van der Waals surface area contributed by atoms with E-state index in [9.17, 15) is 10.1 Å². The molecule has 1 aliphatic rings. The lowest BCUT2D eigenvalue weighted by Gasteiger charge is -2.13. The molecule has 0 saturated heterocycles. The van der Waals surface area contributed by atoms with Crippen LogP contribution < -0.4 is 0 Å². The number of hydrazone groups is 1. The van der Waals surface area contributed by atoms with Crippen molar-refractivity contribution in [3.8, 4) is 0 Å². The fraction of sp³-hybridized carbons (Fsp3) is 0.333. The number of nitrogens with zero attached hydrogens (tertiary/aromatic N) is 3. The van der Waals surface area contributed by atoms with Crippen LogP contribution in [0.1, 0.15) is 26.3 Å². The number of hydrogen-bond acceptors (Lipinski definition) is 3. The highest BCUT2D eigenvalue weighted by atomic mass is 16.6. The summed E-state index contributed by atoms with van der Waals surface area (Å²) in [5.74, 6) is 0. The minimum absolute atomic E-state index is 0.101. The molecule has 5 nitrogen and oxygen atoms in total. The number of hydrogen-bond donors (Lipinski definition) is 0. The topological polar surface area (TPSA) is 58.5 Å². The van der Waals surface area contributed by atoms with Crippen LogP contribution in [0.15, 0.2) is 35.4 Å². The fourth-order valence-corrected chi connectivity index (χ4v) is 2.23. The van der Waals surface area contributed by atoms with Crippen LogP contribution in [0.3, 0.4) is 0 Å². The predicted molar refractivity (Wildman–Crippen MR) is 80.2 cm³/mol. The molecule has 1 heterocycles. The van der Waals surface area contributed by atoms with E-state index in [1.165, 1.54) is 6.07 Å². The molecule has 1 aliphatic heterocycles. The van der Waals surface area contributed by atoms with E-state index in [1.807, 2.05) is 36.9 Å². The van der Waals surface area contributed by atoms with Gasteiger partial charge in [-0.25, -0.2) is 0 Å². The zero-order valence-electron chi connectivity index (χ0n) is 12.1. The molecular formula is C15H18N3O2+. The first-order valence-corrected chi connectivity index (χ1v) is 6.42. The van der Waals surface area contributed by atoms with Gasteiger partial charge in [0.2, 0.25) is 5.71 Å². The van der Waals surface area contributed by atoms with Crippen molar-refractivity contribution in [1.82, 2.24) is 0 Å². The highest BCUT2D eigenvalue weighted by Crippen LogP contribution is 2.26. The number of benzene rings is 1. The summed E-state index contributed by atoms with van der Waals surface area (Å²) in [7, 11) is 1.91. The Kier molecular flexibility index (Phi) is 3.53. The summed E-state index contributed by atoms with van der Waals surface area (Å²) in [5, 5.41) is 15.2. The molecule has 104 valence electrons. The summed E-state index contributed by atoms with van der Waals surface area (Å²) in [4.78, 5) is 10.4. The van der Waals surface area contributed by atoms with Gasteiger partial charge in [-0.1, -0.05) is 16.8 Å². The Hall–Kier alpha value is -2.30. The summed E-state index contributed by atoms with van der Waals surface area (Å²) < 4.78 is 1.85. The van der Waals surface area contributed by atoms with Crippen LogP contribution in [0, 0.1) is 15.5 Å². The van der Waals surface area contributed by atoms with E-state index in [1.54, 1.807) is 12.1 Å². The third-order valence-electron chi connectivity index (χ3n) is 3.71. The third-order valence-corrected chi connectivity index (χ3v) is 3.71. The number of allylic oxidation sites excluding steroid dienone is 1. The normalized spacial score (nSPS) is 17.7. The van der Waals surface area contributed by atoms with Crippen LogP contribution in [0.4, 0.5) is 5.69 Å². The van der Waals surface area contributed by atoms with Gasteiger partial charge in [-0.15, -0.1) is 0 Å². The molecule has 0 atom stereocenters. The quantitative estimate of drug-likeness (QED) is 0.482. The van der Waals surface area contributed by atoms with Gasteiger partial charge in [0.05, 0.1) is 16.0 Å². The molecule has 0 unspecified atom stereocenters. The fourth-order valence-electron chi connectivity index (χ4n) is 2.23. The lowest BCUT2D eigenvalue weighted by Crippen LogP contribution is -2.28. The maximum atomic E-state index is 10.8. The van der Waals surface area contributed by atoms with E-state index in [0.717, 1.165) is 17.0 Å². The summed E-state index contributed by atoms with van der Waals surface area (Å²) in [6.45, 7) is 6.23. The van der Waals surface area contributed by atoms with Gasteiger partial charge in [0.25, 0.3) is 5.69 Å². The molecule has 1 aromatic carbocycles. The van der Waals surface area contributed by atoms with Gasteiger partial charge < -0.3 is 0 Å². The molecule has 0 radical (unpaired) electrons. The second-order valence-corrected chi connectivity index (χ2v) is 5.40. The minimum atomic E-state index is -0.386. The van der Waals surface area contributed by atoms with Crippen LogP contribution >= 0.6 is 0 Å². The second-order valence-electron chi connectivity index (χ2n) is 5.40. The average Bonchev–Trinajstić information content (AvgIpc) is 2.57. The first-order chi connectivity index (χ1) is 9.32. The third kappa shape index (κ3) is 2.52. The van der Waals surface area contributed by atoms with Crippen molar-refractivity contribution in [1.29, 1.82) is 0 Å². The lowest BCUT2D eigenvalue weighted by atomic mass is 9.83. The summed E-state index contributed by atoms with van der Waals surface area (Å²) in [6.07, 6.45) is 3.85. The first kappa shape index (κ1) is 14.1. The summed E-state index contributed by atoms with van der Waals surface area (Å²) in [5.41, 5.74) is 2.91. The van der Waals surface area contributed by atoms with Gasteiger partial charge in [-0.05, 0) is 37.5 Å².